The molecule has 0 spiro atoms. The zero-order chi connectivity index (χ0) is 11.4. The van der Waals surface area contributed by atoms with Crippen molar-refractivity contribution in [2.75, 3.05) is 18.0 Å². The Kier molecular flexibility index (Phi) is 4.11. The number of para-hydroxylation sites is 1. The van der Waals surface area contributed by atoms with Crippen LogP contribution < -0.4 is 4.90 Å². The van der Waals surface area contributed by atoms with Crippen molar-refractivity contribution in [3.63, 3.8) is 0 Å². The number of anilines is 1. The summed E-state index contributed by atoms with van der Waals surface area (Å²) >= 11 is 5.98. The van der Waals surface area contributed by atoms with E-state index in [9.17, 15) is 0 Å². The minimum atomic E-state index is 0.615. The van der Waals surface area contributed by atoms with Crippen molar-refractivity contribution in [3.8, 4) is 0 Å². The summed E-state index contributed by atoms with van der Waals surface area (Å²) in [4.78, 5) is 2.49. The number of nitrogens with zero attached hydrogens (tertiary/aromatic N) is 1. The topological polar surface area (TPSA) is 3.24 Å². The fourth-order valence-corrected chi connectivity index (χ4v) is 2.74. The quantitative estimate of drug-likeness (QED) is 0.717. The lowest BCUT2D eigenvalue weighted by Crippen LogP contribution is -2.33. The summed E-state index contributed by atoms with van der Waals surface area (Å²) in [5.74, 6) is 1.54. The molecule has 0 saturated carbocycles. The third-order valence-corrected chi connectivity index (χ3v) is 3.96. The molecule has 2 rings (SSSR count). The Morgan fingerprint density at radius 3 is 2.56 bits per heavy atom. The van der Waals surface area contributed by atoms with Crippen molar-refractivity contribution < 1.29 is 0 Å². The molecule has 0 aliphatic carbocycles. The van der Waals surface area contributed by atoms with Crippen LogP contribution in [-0.4, -0.2) is 13.1 Å². The molecule has 0 radical (unpaired) electrons. The first-order valence-corrected chi connectivity index (χ1v) is 6.77. The van der Waals surface area contributed by atoms with Crippen molar-refractivity contribution in [2.24, 2.45) is 5.92 Å². The second-order valence-corrected chi connectivity index (χ2v) is 4.87. The zero-order valence-electron chi connectivity index (χ0n) is 9.95. The number of hydrogen-bond acceptors (Lipinski definition) is 1. The van der Waals surface area contributed by atoms with Crippen LogP contribution in [0.3, 0.4) is 0 Å². The fourth-order valence-electron chi connectivity index (χ4n) is 2.51. The maximum atomic E-state index is 5.98. The lowest BCUT2D eigenvalue weighted by Gasteiger charge is -2.34. The summed E-state index contributed by atoms with van der Waals surface area (Å²) in [6, 6.07) is 8.51. The Morgan fingerprint density at radius 2 is 1.94 bits per heavy atom. The van der Waals surface area contributed by atoms with Crippen LogP contribution in [0.2, 0.25) is 0 Å². The van der Waals surface area contributed by atoms with Crippen LogP contribution in [0.4, 0.5) is 5.69 Å². The van der Waals surface area contributed by atoms with Crippen LogP contribution in [0.1, 0.15) is 31.7 Å². The predicted molar refractivity (Wildman–Crippen MR) is 71.2 cm³/mol. The highest BCUT2D eigenvalue weighted by Gasteiger charge is 2.19. The molecule has 0 N–H and O–H groups in total. The fraction of sp³-hybridized carbons (Fsp3) is 0.571. The Morgan fingerprint density at radius 1 is 1.25 bits per heavy atom. The van der Waals surface area contributed by atoms with Gasteiger partial charge in [-0.15, -0.1) is 11.6 Å². The van der Waals surface area contributed by atoms with Gasteiger partial charge in [0.25, 0.3) is 0 Å². The van der Waals surface area contributed by atoms with Gasteiger partial charge in [-0.25, -0.2) is 0 Å². The van der Waals surface area contributed by atoms with E-state index < -0.39 is 0 Å². The zero-order valence-corrected chi connectivity index (χ0v) is 10.7. The molecule has 0 unspecified atom stereocenters. The molecule has 0 atom stereocenters. The third kappa shape index (κ3) is 2.52. The summed E-state index contributed by atoms with van der Waals surface area (Å²) in [5.41, 5.74) is 2.60. The Balaban J connectivity index is 2.07. The minimum Gasteiger partial charge on any atom is -0.371 e. The first-order chi connectivity index (χ1) is 7.85. The van der Waals surface area contributed by atoms with Gasteiger partial charge in [0.2, 0.25) is 0 Å². The van der Waals surface area contributed by atoms with Gasteiger partial charge in [-0.2, -0.15) is 0 Å². The van der Waals surface area contributed by atoms with Crippen molar-refractivity contribution >= 4 is 17.3 Å². The van der Waals surface area contributed by atoms with Gasteiger partial charge in [-0.1, -0.05) is 31.5 Å². The van der Waals surface area contributed by atoms with Crippen molar-refractivity contribution in [2.45, 2.75) is 32.1 Å². The van der Waals surface area contributed by atoms with Gasteiger partial charge >= 0.3 is 0 Å². The van der Waals surface area contributed by atoms with Crippen LogP contribution in [0.15, 0.2) is 24.3 Å². The first kappa shape index (κ1) is 11.8. The molecule has 0 aromatic heterocycles. The van der Waals surface area contributed by atoms with E-state index in [0.29, 0.717) is 5.88 Å². The normalized spacial score (nSPS) is 17.8. The second kappa shape index (κ2) is 5.58. The largest absolute Gasteiger partial charge is 0.371 e. The first-order valence-electron chi connectivity index (χ1n) is 6.24. The smallest absolute Gasteiger partial charge is 0.0494 e. The predicted octanol–water partition coefficient (Wildman–Crippen LogP) is 4.05. The molecule has 1 saturated heterocycles. The Hall–Kier alpha value is -0.690. The van der Waals surface area contributed by atoms with Gasteiger partial charge < -0.3 is 4.90 Å². The van der Waals surface area contributed by atoms with Crippen LogP contribution in [0.5, 0.6) is 0 Å². The molecule has 1 aromatic carbocycles. The third-order valence-electron chi connectivity index (χ3n) is 3.67. The summed E-state index contributed by atoms with van der Waals surface area (Å²) in [6.07, 6.45) is 3.98. The monoisotopic (exact) mass is 237 g/mol. The molecular formula is C14H20ClN. The molecule has 1 aromatic rings. The highest BCUT2D eigenvalue weighted by molar-refractivity contribution is 6.17. The van der Waals surface area contributed by atoms with Crippen molar-refractivity contribution in [1.29, 1.82) is 0 Å². The summed E-state index contributed by atoms with van der Waals surface area (Å²) in [5, 5.41) is 0. The van der Waals surface area contributed by atoms with Crippen LogP contribution in [0.25, 0.3) is 0 Å². The van der Waals surface area contributed by atoms with Gasteiger partial charge in [0.05, 0.1) is 0 Å². The summed E-state index contributed by atoms with van der Waals surface area (Å²) < 4.78 is 0. The van der Waals surface area contributed by atoms with Crippen molar-refractivity contribution in [1.82, 2.24) is 0 Å². The molecule has 88 valence electrons. The number of benzene rings is 1. The van der Waals surface area contributed by atoms with E-state index in [1.54, 1.807) is 0 Å². The van der Waals surface area contributed by atoms with E-state index in [1.165, 1.54) is 43.6 Å². The minimum absolute atomic E-state index is 0.615. The standard InChI is InChI=1S/C14H20ClN/c1-2-12-7-9-16(10-8-12)14-6-4-3-5-13(14)11-15/h3-6,12H,2,7-11H2,1H3. The number of hydrogen-bond donors (Lipinski definition) is 0. The molecule has 1 aliphatic heterocycles. The van der Waals surface area contributed by atoms with Gasteiger partial charge in [0, 0.05) is 24.7 Å². The Bertz CT molecular complexity index is 329. The molecule has 1 nitrogen and oxygen atoms in total. The van der Waals surface area contributed by atoms with E-state index in [-0.39, 0.29) is 0 Å². The van der Waals surface area contributed by atoms with Gasteiger partial charge in [-0.3, -0.25) is 0 Å². The molecule has 1 fully saturated rings. The lowest BCUT2D eigenvalue weighted by atomic mass is 9.94. The van der Waals surface area contributed by atoms with E-state index in [2.05, 4.69) is 36.1 Å². The second-order valence-electron chi connectivity index (χ2n) is 4.60. The molecule has 0 bridgehead atoms. The molecule has 1 aliphatic rings. The molecular weight excluding hydrogens is 218 g/mol. The molecule has 2 heteroatoms. The number of alkyl halides is 1. The highest BCUT2D eigenvalue weighted by Crippen LogP contribution is 2.28. The van der Waals surface area contributed by atoms with E-state index >= 15 is 0 Å². The molecule has 0 amide bonds. The lowest BCUT2D eigenvalue weighted by molar-refractivity contribution is 0.395. The Labute approximate surface area is 103 Å². The van der Waals surface area contributed by atoms with Crippen LogP contribution >= 0.6 is 11.6 Å². The average molecular weight is 238 g/mol. The average Bonchev–Trinajstić information content (AvgIpc) is 2.39. The summed E-state index contributed by atoms with van der Waals surface area (Å²) in [6.45, 7) is 4.67. The maximum Gasteiger partial charge on any atom is 0.0494 e. The van der Waals surface area contributed by atoms with Gasteiger partial charge in [0.15, 0.2) is 0 Å². The molecule has 16 heavy (non-hydrogen) atoms. The van der Waals surface area contributed by atoms with E-state index in [0.717, 1.165) is 5.92 Å². The highest BCUT2D eigenvalue weighted by atomic mass is 35.5. The maximum absolute atomic E-state index is 5.98. The SMILES string of the molecule is CCC1CCN(c2ccccc2CCl)CC1. The van der Waals surface area contributed by atoms with E-state index in [1.807, 2.05) is 0 Å². The number of piperidine rings is 1. The number of rotatable bonds is 3. The van der Waals surface area contributed by atoms with E-state index in [4.69, 9.17) is 11.6 Å². The number of halogens is 1. The molecule has 1 heterocycles. The summed E-state index contributed by atoms with van der Waals surface area (Å²) in [7, 11) is 0. The van der Waals surface area contributed by atoms with Gasteiger partial charge in [0.1, 0.15) is 0 Å². The van der Waals surface area contributed by atoms with Crippen molar-refractivity contribution in [3.05, 3.63) is 29.8 Å². The van der Waals surface area contributed by atoms with Gasteiger partial charge in [-0.05, 0) is 30.4 Å². The van der Waals surface area contributed by atoms with Crippen LogP contribution in [0, 0.1) is 5.92 Å². The van der Waals surface area contributed by atoms with Crippen LogP contribution in [-0.2, 0) is 5.88 Å².